The van der Waals surface area contributed by atoms with Gasteiger partial charge < -0.3 is 13.9 Å². The first-order valence-corrected chi connectivity index (χ1v) is 8.28. The molecule has 0 atom stereocenters. The van der Waals surface area contributed by atoms with E-state index in [0.717, 1.165) is 12.1 Å². The predicted octanol–water partition coefficient (Wildman–Crippen LogP) is 2.90. The van der Waals surface area contributed by atoms with Crippen molar-refractivity contribution in [3.8, 4) is 0 Å². The van der Waals surface area contributed by atoms with Gasteiger partial charge in [0.05, 0.1) is 17.7 Å². The molecule has 1 heterocycles. The van der Waals surface area contributed by atoms with Gasteiger partial charge in [0.15, 0.2) is 12.4 Å². The van der Waals surface area contributed by atoms with Crippen LogP contribution in [0, 0.1) is 12.7 Å². The van der Waals surface area contributed by atoms with Crippen molar-refractivity contribution >= 4 is 29.5 Å². The summed E-state index contributed by atoms with van der Waals surface area (Å²) in [6.07, 6.45) is 0. The number of furan rings is 1. The summed E-state index contributed by atoms with van der Waals surface area (Å²) in [7, 11) is 0. The summed E-state index contributed by atoms with van der Waals surface area (Å²) in [6.45, 7) is 3.63. The first-order chi connectivity index (χ1) is 13.2. The molecule has 0 unspecified atom stereocenters. The van der Waals surface area contributed by atoms with E-state index in [2.05, 4.69) is 5.32 Å². The Kier molecular flexibility index (Phi) is 6.64. The highest BCUT2D eigenvalue weighted by Crippen LogP contribution is 2.28. The molecule has 1 aromatic heterocycles. The molecular weight excluding hydrogens is 373 g/mol. The number of ketones is 1. The van der Waals surface area contributed by atoms with Crippen LogP contribution in [0.1, 0.15) is 50.7 Å². The molecule has 148 valence electrons. The monoisotopic (exact) mass is 391 g/mol. The fourth-order valence-corrected chi connectivity index (χ4v) is 2.45. The molecule has 1 N–H and O–H groups in total. The lowest BCUT2D eigenvalue weighted by Gasteiger charge is -2.07. The van der Waals surface area contributed by atoms with Crippen LogP contribution in [0.2, 0.25) is 0 Å². The van der Waals surface area contributed by atoms with Crippen molar-refractivity contribution in [2.75, 3.05) is 18.5 Å². The zero-order valence-corrected chi connectivity index (χ0v) is 15.5. The first-order valence-electron chi connectivity index (χ1n) is 8.28. The molecule has 2 aromatic rings. The van der Waals surface area contributed by atoms with Crippen molar-refractivity contribution < 1.29 is 37.5 Å². The first kappa shape index (κ1) is 20.8. The zero-order chi connectivity index (χ0) is 20.8. The van der Waals surface area contributed by atoms with Crippen molar-refractivity contribution in [1.29, 1.82) is 0 Å². The Balaban J connectivity index is 2.13. The van der Waals surface area contributed by atoms with Crippen LogP contribution in [0.15, 0.2) is 28.7 Å². The molecule has 0 radical (unpaired) electrons. The highest BCUT2D eigenvalue weighted by Gasteiger charge is 2.28. The maximum atomic E-state index is 13.1. The van der Waals surface area contributed by atoms with Crippen LogP contribution in [0.25, 0.3) is 0 Å². The van der Waals surface area contributed by atoms with Gasteiger partial charge in [0.1, 0.15) is 17.1 Å². The summed E-state index contributed by atoms with van der Waals surface area (Å²) < 4.78 is 28.1. The van der Waals surface area contributed by atoms with E-state index in [-0.39, 0.29) is 34.9 Å². The van der Waals surface area contributed by atoms with Crippen molar-refractivity contribution in [2.45, 2.75) is 20.8 Å². The minimum atomic E-state index is -0.902. The largest absolute Gasteiger partial charge is 0.462 e. The normalized spacial score (nSPS) is 10.3. The number of hydrogen-bond acceptors (Lipinski definition) is 7. The van der Waals surface area contributed by atoms with Crippen molar-refractivity contribution in [1.82, 2.24) is 0 Å². The minimum Gasteiger partial charge on any atom is -0.462 e. The third-order valence-electron chi connectivity index (χ3n) is 3.56. The van der Waals surface area contributed by atoms with Crippen LogP contribution in [-0.4, -0.2) is 36.8 Å². The Bertz CT molecular complexity index is 932. The number of halogens is 1. The number of amides is 1. The van der Waals surface area contributed by atoms with E-state index in [1.807, 2.05) is 0 Å². The van der Waals surface area contributed by atoms with Crippen LogP contribution >= 0.6 is 0 Å². The maximum absolute atomic E-state index is 13.1. The Labute approximate surface area is 159 Å². The van der Waals surface area contributed by atoms with E-state index >= 15 is 0 Å². The molecule has 0 bridgehead atoms. The number of hydrogen-bond donors (Lipinski definition) is 1. The fourth-order valence-electron chi connectivity index (χ4n) is 2.45. The number of carbonyl (C=O) groups is 4. The third-order valence-corrected chi connectivity index (χ3v) is 3.56. The zero-order valence-electron chi connectivity index (χ0n) is 15.5. The second kappa shape index (κ2) is 8.94. The summed E-state index contributed by atoms with van der Waals surface area (Å²) in [4.78, 5) is 47.9. The van der Waals surface area contributed by atoms with Gasteiger partial charge in [0.2, 0.25) is 5.88 Å². The van der Waals surface area contributed by atoms with Gasteiger partial charge >= 0.3 is 11.9 Å². The number of anilines is 1. The molecule has 0 aliphatic heterocycles. The molecule has 0 fully saturated rings. The van der Waals surface area contributed by atoms with E-state index in [9.17, 15) is 23.6 Å². The van der Waals surface area contributed by atoms with E-state index in [4.69, 9.17) is 13.9 Å². The molecular formula is C19H18FNO7. The highest BCUT2D eigenvalue weighted by molar-refractivity contribution is 6.10. The van der Waals surface area contributed by atoms with E-state index in [1.54, 1.807) is 6.92 Å². The van der Waals surface area contributed by atoms with Crippen LogP contribution in [-0.2, 0) is 14.3 Å². The fraction of sp³-hybridized carbons (Fsp3) is 0.263. The molecule has 0 saturated heterocycles. The minimum absolute atomic E-state index is 0.00879. The lowest BCUT2D eigenvalue weighted by molar-refractivity contribution is -0.119. The van der Waals surface area contributed by atoms with Gasteiger partial charge in [-0.1, -0.05) is 6.07 Å². The molecule has 1 aromatic carbocycles. The van der Waals surface area contributed by atoms with Gasteiger partial charge in [0, 0.05) is 0 Å². The number of Topliss-reactive ketones (excluding diaryl/α,β-unsaturated/α-hetero) is 1. The molecule has 0 spiro atoms. The summed E-state index contributed by atoms with van der Waals surface area (Å²) in [5.41, 5.74) is -0.283. The molecule has 9 heteroatoms. The number of aryl methyl sites for hydroxylation is 1. The number of benzene rings is 1. The van der Waals surface area contributed by atoms with E-state index < -0.39 is 36.1 Å². The number of ether oxygens (including phenoxy) is 2. The quantitative estimate of drug-likeness (QED) is 0.570. The van der Waals surface area contributed by atoms with Gasteiger partial charge in [-0.25, -0.2) is 14.0 Å². The molecule has 28 heavy (non-hydrogen) atoms. The molecule has 0 saturated carbocycles. The van der Waals surface area contributed by atoms with Crippen LogP contribution in [0.5, 0.6) is 0 Å². The van der Waals surface area contributed by atoms with Gasteiger partial charge in [-0.15, -0.1) is 0 Å². The standard InChI is InChI=1S/C19H18FNO7/c1-4-26-19(25)16-15(10(2)22)11(3)28-17(16)21-14(23)9-27-18(24)12-6-5-7-13(20)8-12/h5-8H,4,9H2,1-3H3,(H,21,23). The summed E-state index contributed by atoms with van der Waals surface area (Å²) in [5, 5.41) is 2.27. The average Bonchev–Trinajstić information content (AvgIpc) is 2.95. The second-order valence-corrected chi connectivity index (χ2v) is 5.65. The molecule has 8 nitrogen and oxygen atoms in total. The van der Waals surface area contributed by atoms with Crippen LogP contribution < -0.4 is 5.32 Å². The Morgan fingerprint density at radius 3 is 2.43 bits per heavy atom. The number of nitrogens with one attached hydrogen (secondary N) is 1. The van der Waals surface area contributed by atoms with Gasteiger partial charge in [-0.05, 0) is 39.0 Å². The maximum Gasteiger partial charge on any atom is 0.344 e. The lowest BCUT2D eigenvalue weighted by atomic mass is 10.1. The van der Waals surface area contributed by atoms with E-state index in [0.29, 0.717) is 0 Å². The van der Waals surface area contributed by atoms with Crippen LogP contribution in [0.3, 0.4) is 0 Å². The molecule has 0 aliphatic carbocycles. The SMILES string of the molecule is CCOC(=O)c1c(NC(=O)COC(=O)c2cccc(F)c2)oc(C)c1C(C)=O. The summed E-state index contributed by atoms with van der Waals surface area (Å²) >= 11 is 0. The Morgan fingerprint density at radius 1 is 1.11 bits per heavy atom. The summed E-state index contributed by atoms with van der Waals surface area (Å²) in [5.74, 6) is -3.78. The topological polar surface area (TPSA) is 112 Å². The third kappa shape index (κ3) is 4.81. The number of rotatable bonds is 7. The van der Waals surface area contributed by atoms with Gasteiger partial charge in [0.25, 0.3) is 5.91 Å². The molecule has 0 aliphatic rings. The Hall–Kier alpha value is -3.49. The number of esters is 2. The predicted molar refractivity (Wildman–Crippen MR) is 94.7 cm³/mol. The second-order valence-electron chi connectivity index (χ2n) is 5.65. The summed E-state index contributed by atoms with van der Waals surface area (Å²) in [6, 6.07) is 4.78. The van der Waals surface area contributed by atoms with Crippen molar-refractivity contribution in [3.05, 3.63) is 52.5 Å². The van der Waals surface area contributed by atoms with Gasteiger partial charge in [-0.2, -0.15) is 0 Å². The van der Waals surface area contributed by atoms with E-state index in [1.165, 1.54) is 26.0 Å². The van der Waals surface area contributed by atoms with Gasteiger partial charge in [-0.3, -0.25) is 14.9 Å². The average molecular weight is 391 g/mol. The number of carbonyl (C=O) groups excluding carboxylic acids is 4. The Morgan fingerprint density at radius 2 is 1.82 bits per heavy atom. The van der Waals surface area contributed by atoms with Crippen LogP contribution in [0.4, 0.5) is 10.3 Å². The molecule has 1 amide bonds. The van der Waals surface area contributed by atoms with Crippen molar-refractivity contribution in [2.24, 2.45) is 0 Å². The molecule has 2 rings (SSSR count). The lowest BCUT2D eigenvalue weighted by Crippen LogP contribution is -2.22. The van der Waals surface area contributed by atoms with Crippen molar-refractivity contribution in [3.63, 3.8) is 0 Å². The highest BCUT2D eigenvalue weighted by atomic mass is 19.1. The smallest absolute Gasteiger partial charge is 0.344 e.